The van der Waals surface area contributed by atoms with Crippen LogP contribution in [0.15, 0.2) is 24.3 Å². The van der Waals surface area contributed by atoms with Gasteiger partial charge in [-0.3, -0.25) is 9.59 Å². The fourth-order valence-electron chi connectivity index (χ4n) is 2.65. The second kappa shape index (κ2) is 8.82. The molecule has 1 saturated heterocycles. The summed E-state index contributed by atoms with van der Waals surface area (Å²) in [6.07, 6.45) is 2.50. The molecule has 1 saturated carbocycles. The first-order valence-electron chi connectivity index (χ1n) is 8.80. The molecule has 1 heterocycles. The lowest BCUT2D eigenvalue weighted by Crippen LogP contribution is -2.43. The molecule has 2 fully saturated rings. The molecule has 1 aliphatic heterocycles. The van der Waals surface area contributed by atoms with E-state index in [4.69, 9.17) is 9.47 Å². The third-order valence-corrected chi connectivity index (χ3v) is 4.29. The molecule has 3 rings (SSSR count). The number of benzene rings is 1. The van der Waals surface area contributed by atoms with Gasteiger partial charge >= 0.3 is 0 Å². The average Bonchev–Trinajstić information content (AvgIpc) is 3.46. The third kappa shape index (κ3) is 5.72. The minimum Gasteiger partial charge on any atom is -0.482 e. The van der Waals surface area contributed by atoms with E-state index in [0.29, 0.717) is 37.7 Å². The molecule has 2 N–H and O–H groups in total. The maximum Gasteiger partial charge on any atom is 0.260 e. The van der Waals surface area contributed by atoms with Crippen LogP contribution in [0.1, 0.15) is 12.8 Å². The van der Waals surface area contributed by atoms with E-state index in [-0.39, 0.29) is 25.0 Å². The van der Waals surface area contributed by atoms with Crippen molar-refractivity contribution in [3.05, 3.63) is 24.3 Å². The number of carbonyl (C=O) groups excluding carboxylic acids is 2. The average molecular weight is 347 g/mol. The van der Waals surface area contributed by atoms with Crippen LogP contribution in [0.2, 0.25) is 0 Å². The number of carbonyl (C=O) groups is 2. The lowest BCUT2D eigenvalue weighted by molar-refractivity contribution is -0.137. The Kier molecular flexibility index (Phi) is 6.25. The van der Waals surface area contributed by atoms with Crippen LogP contribution in [0.5, 0.6) is 5.75 Å². The molecule has 2 aliphatic rings. The Labute approximate surface area is 147 Å². The Hall–Kier alpha value is -2.12. The van der Waals surface area contributed by atoms with E-state index in [1.165, 1.54) is 12.8 Å². The molecule has 25 heavy (non-hydrogen) atoms. The number of nitrogens with zero attached hydrogens (tertiary/aromatic N) is 1. The van der Waals surface area contributed by atoms with Gasteiger partial charge in [-0.15, -0.1) is 0 Å². The van der Waals surface area contributed by atoms with Crippen molar-refractivity contribution in [3.8, 4) is 5.75 Å². The first-order valence-corrected chi connectivity index (χ1v) is 8.80. The molecule has 1 aromatic carbocycles. The van der Waals surface area contributed by atoms with Crippen LogP contribution in [0.3, 0.4) is 0 Å². The molecule has 7 nitrogen and oxygen atoms in total. The Balaban J connectivity index is 1.47. The standard InChI is InChI=1S/C18H25N3O4/c22-17(12-19-11-14-5-6-14)20-15-3-1-2-4-16(15)25-13-18(23)21-7-9-24-10-8-21/h1-4,14,19H,5-13H2,(H,20,22). The van der Waals surface area contributed by atoms with E-state index in [9.17, 15) is 9.59 Å². The van der Waals surface area contributed by atoms with Gasteiger partial charge in [0.05, 0.1) is 25.4 Å². The molecule has 0 radical (unpaired) electrons. The SMILES string of the molecule is O=C(CNCC1CC1)Nc1ccccc1OCC(=O)N1CCOCC1. The number of morpholine rings is 1. The van der Waals surface area contributed by atoms with Gasteiger partial charge in [-0.2, -0.15) is 0 Å². The van der Waals surface area contributed by atoms with Crippen LogP contribution in [0.4, 0.5) is 5.69 Å². The summed E-state index contributed by atoms with van der Waals surface area (Å²) in [7, 11) is 0. The van der Waals surface area contributed by atoms with Crippen molar-refractivity contribution in [2.45, 2.75) is 12.8 Å². The Morgan fingerprint density at radius 3 is 2.72 bits per heavy atom. The minimum atomic E-state index is -0.115. The number of hydrogen-bond donors (Lipinski definition) is 2. The molecule has 1 aromatic rings. The number of amides is 2. The van der Waals surface area contributed by atoms with Gasteiger partial charge in [0, 0.05) is 13.1 Å². The monoisotopic (exact) mass is 347 g/mol. The van der Waals surface area contributed by atoms with Crippen molar-refractivity contribution in [1.29, 1.82) is 0 Å². The Morgan fingerprint density at radius 2 is 1.96 bits per heavy atom. The molecular formula is C18H25N3O4. The number of nitrogens with one attached hydrogen (secondary N) is 2. The second-order valence-electron chi connectivity index (χ2n) is 6.40. The maximum absolute atomic E-state index is 12.2. The van der Waals surface area contributed by atoms with Gasteiger partial charge in [0.2, 0.25) is 5.91 Å². The number of anilines is 1. The van der Waals surface area contributed by atoms with Crippen LogP contribution in [0, 0.1) is 5.92 Å². The van der Waals surface area contributed by atoms with E-state index in [2.05, 4.69) is 10.6 Å². The molecular weight excluding hydrogens is 322 g/mol. The molecule has 0 unspecified atom stereocenters. The summed E-state index contributed by atoms with van der Waals surface area (Å²) in [5.74, 6) is 1.04. The summed E-state index contributed by atoms with van der Waals surface area (Å²) in [5, 5.41) is 5.99. The smallest absolute Gasteiger partial charge is 0.260 e. The largest absolute Gasteiger partial charge is 0.482 e. The molecule has 136 valence electrons. The van der Waals surface area contributed by atoms with Crippen LogP contribution in [-0.2, 0) is 14.3 Å². The minimum absolute atomic E-state index is 0.0488. The van der Waals surface area contributed by atoms with Gasteiger partial charge < -0.3 is 25.0 Å². The van der Waals surface area contributed by atoms with Gasteiger partial charge in [-0.05, 0) is 37.4 Å². The number of para-hydroxylation sites is 2. The summed E-state index contributed by atoms with van der Waals surface area (Å²) in [4.78, 5) is 25.9. The van der Waals surface area contributed by atoms with Gasteiger partial charge in [0.15, 0.2) is 6.61 Å². The van der Waals surface area contributed by atoms with E-state index >= 15 is 0 Å². The summed E-state index contributed by atoms with van der Waals surface area (Å²) in [6.45, 7) is 3.42. The normalized spacial score (nSPS) is 17.2. The molecule has 1 aliphatic carbocycles. The Bertz CT molecular complexity index is 598. The molecule has 2 amide bonds. The van der Waals surface area contributed by atoms with Crippen molar-refractivity contribution in [2.24, 2.45) is 5.92 Å². The van der Waals surface area contributed by atoms with Gasteiger partial charge in [0.25, 0.3) is 5.91 Å². The van der Waals surface area contributed by atoms with E-state index in [1.54, 1.807) is 17.0 Å². The van der Waals surface area contributed by atoms with Gasteiger partial charge in [0.1, 0.15) is 5.75 Å². The molecule has 0 bridgehead atoms. The zero-order valence-corrected chi connectivity index (χ0v) is 14.3. The van der Waals surface area contributed by atoms with E-state index in [1.807, 2.05) is 12.1 Å². The quantitative estimate of drug-likeness (QED) is 0.729. The summed E-state index contributed by atoms with van der Waals surface area (Å²) in [6, 6.07) is 7.16. The molecule has 7 heteroatoms. The van der Waals surface area contributed by atoms with E-state index < -0.39 is 0 Å². The first-order chi connectivity index (χ1) is 12.2. The predicted molar refractivity (Wildman–Crippen MR) is 93.6 cm³/mol. The molecule has 0 aromatic heterocycles. The zero-order chi connectivity index (χ0) is 17.5. The fourth-order valence-corrected chi connectivity index (χ4v) is 2.65. The lowest BCUT2D eigenvalue weighted by atomic mass is 10.3. The molecule has 0 atom stereocenters. The fraction of sp³-hybridized carbons (Fsp3) is 0.556. The van der Waals surface area contributed by atoms with Gasteiger partial charge in [-0.25, -0.2) is 0 Å². The van der Waals surface area contributed by atoms with Gasteiger partial charge in [-0.1, -0.05) is 12.1 Å². The number of ether oxygens (including phenoxy) is 2. The zero-order valence-electron chi connectivity index (χ0n) is 14.3. The van der Waals surface area contributed by atoms with Crippen molar-refractivity contribution in [3.63, 3.8) is 0 Å². The lowest BCUT2D eigenvalue weighted by Gasteiger charge is -2.26. The van der Waals surface area contributed by atoms with Crippen LogP contribution in [0.25, 0.3) is 0 Å². The van der Waals surface area contributed by atoms with Crippen molar-refractivity contribution in [2.75, 3.05) is 51.3 Å². The van der Waals surface area contributed by atoms with Crippen LogP contribution < -0.4 is 15.4 Å². The highest BCUT2D eigenvalue weighted by Gasteiger charge is 2.21. The number of rotatable bonds is 8. The number of hydrogen-bond acceptors (Lipinski definition) is 5. The summed E-state index contributed by atoms with van der Waals surface area (Å²) in [5.41, 5.74) is 0.579. The highest BCUT2D eigenvalue weighted by Crippen LogP contribution is 2.27. The Morgan fingerprint density at radius 1 is 1.20 bits per heavy atom. The highest BCUT2D eigenvalue weighted by molar-refractivity contribution is 5.93. The predicted octanol–water partition coefficient (Wildman–Crippen LogP) is 0.862. The molecule has 0 spiro atoms. The topological polar surface area (TPSA) is 79.9 Å². The summed E-state index contributed by atoms with van der Waals surface area (Å²) >= 11 is 0. The van der Waals surface area contributed by atoms with E-state index in [0.717, 1.165) is 12.5 Å². The highest BCUT2D eigenvalue weighted by atomic mass is 16.5. The van der Waals surface area contributed by atoms with Crippen LogP contribution >= 0.6 is 0 Å². The van der Waals surface area contributed by atoms with Crippen molar-refractivity contribution < 1.29 is 19.1 Å². The first kappa shape index (κ1) is 17.7. The van der Waals surface area contributed by atoms with Crippen LogP contribution in [-0.4, -0.2) is 62.7 Å². The maximum atomic E-state index is 12.2. The van der Waals surface area contributed by atoms with Crippen molar-refractivity contribution >= 4 is 17.5 Å². The third-order valence-electron chi connectivity index (χ3n) is 4.29. The second-order valence-corrected chi connectivity index (χ2v) is 6.40. The van der Waals surface area contributed by atoms with Crippen molar-refractivity contribution in [1.82, 2.24) is 10.2 Å². The summed E-state index contributed by atoms with van der Waals surface area (Å²) < 4.78 is 10.9.